The first-order valence-electron chi connectivity index (χ1n) is 8.23. The number of hydrogen-bond acceptors (Lipinski definition) is 4. The molecule has 1 aromatic heterocycles. The van der Waals surface area contributed by atoms with E-state index in [1.165, 1.54) is 0 Å². The first-order valence-corrected chi connectivity index (χ1v) is 8.23. The second-order valence-corrected chi connectivity index (χ2v) is 5.92. The Labute approximate surface area is 155 Å². The average molecular weight is 367 g/mol. The van der Waals surface area contributed by atoms with Crippen LogP contribution in [0.15, 0.2) is 36.7 Å². The number of nitrogens with two attached hydrogens (primary N) is 1. The minimum Gasteiger partial charge on any atom is -0.497 e. The number of aromatic nitrogens is 2. The predicted octanol–water partition coefficient (Wildman–Crippen LogP) is 2.61. The van der Waals surface area contributed by atoms with Crippen LogP contribution in [0, 0.1) is 0 Å². The molecule has 0 aliphatic heterocycles. The number of benzene rings is 1. The summed E-state index contributed by atoms with van der Waals surface area (Å²) in [6.45, 7) is 5.08. The monoisotopic (exact) mass is 366 g/mol. The van der Waals surface area contributed by atoms with Crippen LogP contribution in [0.3, 0.4) is 0 Å². The maximum atomic E-state index is 12.4. The van der Waals surface area contributed by atoms with Crippen LogP contribution in [-0.2, 0) is 6.54 Å². The van der Waals surface area contributed by atoms with Gasteiger partial charge in [0.15, 0.2) is 0 Å². The van der Waals surface area contributed by atoms with Gasteiger partial charge in [-0.3, -0.25) is 9.48 Å². The lowest BCUT2D eigenvalue weighted by Gasteiger charge is -2.31. The Kier molecular flexibility index (Phi) is 7.93. The molecule has 0 aliphatic carbocycles. The van der Waals surface area contributed by atoms with Crippen LogP contribution in [0.1, 0.15) is 42.6 Å². The van der Waals surface area contributed by atoms with Crippen molar-refractivity contribution in [3.63, 3.8) is 0 Å². The highest BCUT2D eigenvalue weighted by Gasteiger charge is 2.27. The number of nitrogens with one attached hydrogen (secondary N) is 1. The fourth-order valence-corrected chi connectivity index (χ4v) is 2.56. The molecule has 2 aromatic rings. The van der Waals surface area contributed by atoms with Crippen molar-refractivity contribution in [2.24, 2.45) is 5.73 Å². The van der Waals surface area contributed by atoms with Gasteiger partial charge in [0.2, 0.25) is 0 Å². The molecule has 1 aromatic carbocycles. The topological polar surface area (TPSA) is 82.2 Å². The van der Waals surface area contributed by atoms with E-state index in [0.29, 0.717) is 18.7 Å². The summed E-state index contributed by atoms with van der Waals surface area (Å²) in [7, 11) is 1.64. The number of hydrogen-bond donors (Lipinski definition) is 2. The SMILES string of the molecule is CCC(CC)(CN)NC(=O)c1cnn(Cc2ccc(OC)cc2)c1.Cl. The molecule has 0 radical (unpaired) electrons. The van der Waals surface area contributed by atoms with Crippen LogP contribution in [0.25, 0.3) is 0 Å². The van der Waals surface area contributed by atoms with Crippen LogP contribution < -0.4 is 15.8 Å². The van der Waals surface area contributed by atoms with E-state index in [4.69, 9.17) is 10.5 Å². The zero-order valence-corrected chi connectivity index (χ0v) is 15.8. The molecule has 0 bridgehead atoms. The summed E-state index contributed by atoms with van der Waals surface area (Å²) in [6, 6.07) is 7.77. The first-order chi connectivity index (χ1) is 11.6. The van der Waals surface area contributed by atoms with Crippen molar-refractivity contribution in [2.75, 3.05) is 13.7 Å². The Balaban J connectivity index is 0.00000312. The standard InChI is InChI=1S/C18H26N4O2.ClH/c1-4-18(5-2,13-19)21-17(23)15-10-20-22(12-15)11-14-6-8-16(24-3)9-7-14;/h6-10,12H,4-5,11,13,19H2,1-3H3,(H,21,23);1H. The van der Waals surface area contributed by atoms with Gasteiger partial charge in [0.1, 0.15) is 5.75 Å². The number of methoxy groups -OCH3 is 1. The maximum Gasteiger partial charge on any atom is 0.254 e. The fraction of sp³-hybridized carbons (Fsp3) is 0.444. The molecule has 0 saturated carbocycles. The average Bonchev–Trinajstić information content (AvgIpc) is 3.09. The quantitative estimate of drug-likeness (QED) is 0.752. The van der Waals surface area contributed by atoms with Crippen molar-refractivity contribution in [1.82, 2.24) is 15.1 Å². The zero-order valence-electron chi connectivity index (χ0n) is 15.0. The predicted molar refractivity (Wildman–Crippen MR) is 101 cm³/mol. The van der Waals surface area contributed by atoms with Crippen molar-refractivity contribution in [3.8, 4) is 5.75 Å². The molecule has 0 aliphatic rings. The number of amides is 1. The van der Waals surface area contributed by atoms with Gasteiger partial charge in [-0.1, -0.05) is 26.0 Å². The molecule has 0 spiro atoms. The molecule has 0 atom stereocenters. The molecular formula is C18H27ClN4O2. The highest BCUT2D eigenvalue weighted by Crippen LogP contribution is 2.15. The van der Waals surface area contributed by atoms with Gasteiger partial charge in [-0.15, -0.1) is 12.4 Å². The highest BCUT2D eigenvalue weighted by atomic mass is 35.5. The molecule has 7 heteroatoms. The third-order valence-corrected chi connectivity index (χ3v) is 4.52. The van der Waals surface area contributed by atoms with Crippen molar-refractivity contribution in [1.29, 1.82) is 0 Å². The lowest BCUT2D eigenvalue weighted by atomic mass is 9.92. The molecule has 25 heavy (non-hydrogen) atoms. The smallest absolute Gasteiger partial charge is 0.254 e. The van der Waals surface area contributed by atoms with Gasteiger partial charge in [-0.25, -0.2) is 0 Å². The lowest BCUT2D eigenvalue weighted by Crippen LogP contribution is -2.52. The van der Waals surface area contributed by atoms with Crippen LogP contribution in [0.4, 0.5) is 0 Å². The molecule has 1 amide bonds. The van der Waals surface area contributed by atoms with Gasteiger partial charge >= 0.3 is 0 Å². The van der Waals surface area contributed by atoms with Crippen LogP contribution in [0.2, 0.25) is 0 Å². The number of halogens is 1. The Hall–Kier alpha value is -2.05. The summed E-state index contributed by atoms with van der Waals surface area (Å²) in [5, 5.41) is 7.33. The number of carbonyl (C=O) groups is 1. The summed E-state index contributed by atoms with van der Waals surface area (Å²) < 4.78 is 6.90. The van der Waals surface area contributed by atoms with E-state index in [0.717, 1.165) is 24.2 Å². The molecule has 3 N–H and O–H groups in total. The molecule has 1 heterocycles. The van der Waals surface area contributed by atoms with Gasteiger partial charge < -0.3 is 15.8 Å². The van der Waals surface area contributed by atoms with Crippen LogP contribution in [-0.4, -0.2) is 34.9 Å². The fourth-order valence-electron chi connectivity index (χ4n) is 2.56. The summed E-state index contributed by atoms with van der Waals surface area (Å²) >= 11 is 0. The van der Waals surface area contributed by atoms with Crippen molar-refractivity contribution < 1.29 is 9.53 Å². The zero-order chi connectivity index (χ0) is 17.6. The van der Waals surface area contributed by atoms with Crippen molar-refractivity contribution in [2.45, 2.75) is 38.8 Å². The van der Waals surface area contributed by atoms with E-state index in [-0.39, 0.29) is 23.9 Å². The third kappa shape index (κ3) is 5.21. The molecule has 6 nitrogen and oxygen atoms in total. The summed E-state index contributed by atoms with van der Waals surface area (Å²) in [6.07, 6.45) is 4.94. The number of rotatable bonds is 8. The lowest BCUT2D eigenvalue weighted by molar-refractivity contribution is 0.0895. The number of nitrogens with zero attached hydrogens (tertiary/aromatic N) is 2. The number of carbonyl (C=O) groups excluding carboxylic acids is 1. The maximum absolute atomic E-state index is 12.4. The third-order valence-electron chi connectivity index (χ3n) is 4.52. The van der Waals surface area contributed by atoms with Crippen molar-refractivity contribution >= 4 is 18.3 Å². The molecule has 0 unspecified atom stereocenters. The van der Waals surface area contributed by atoms with E-state index in [1.807, 2.05) is 38.1 Å². The van der Waals surface area contributed by atoms with Gasteiger partial charge in [-0.2, -0.15) is 5.10 Å². The van der Waals surface area contributed by atoms with Gasteiger partial charge in [0.25, 0.3) is 5.91 Å². The Bertz CT molecular complexity index is 658. The van der Waals surface area contributed by atoms with Crippen LogP contribution in [0.5, 0.6) is 5.75 Å². The van der Waals surface area contributed by atoms with Gasteiger partial charge in [0.05, 0.1) is 31.0 Å². The van der Waals surface area contributed by atoms with Crippen LogP contribution >= 0.6 is 12.4 Å². The highest BCUT2D eigenvalue weighted by molar-refractivity contribution is 5.94. The van der Waals surface area contributed by atoms with E-state index in [2.05, 4.69) is 10.4 Å². The normalized spacial score (nSPS) is 10.9. The van der Waals surface area contributed by atoms with E-state index in [1.54, 1.807) is 24.2 Å². The molecule has 0 saturated heterocycles. The van der Waals surface area contributed by atoms with E-state index in [9.17, 15) is 4.79 Å². The van der Waals surface area contributed by atoms with E-state index >= 15 is 0 Å². The number of ether oxygens (including phenoxy) is 1. The second-order valence-electron chi connectivity index (χ2n) is 5.92. The molecule has 2 rings (SSSR count). The Morgan fingerprint density at radius 1 is 1.28 bits per heavy atom. The van der Waals surface area contributed by atoms with E-state index < -0.39 is 0 Å². The first kappa shape index (κ1) is 21.0. The minimum absolute atomic E-state index is 0. The molecule has 138 valence electrons. The summed E-state index contributed by atoms with van der Waals surface area (Å²) in [5.41, 5.74) is 7.12. The second kappa shape index (κ2) is 9.44. The summed E-state index contributed by atoms with van der Waals surface area (Å²) in [5.74, 6) is 0.682. The summed E-state index contributed by atoms with van der Waals surface area (Å²) in [4.78, 5) is 12.4. The van der Waals surface area contributed by atoms with Crippen molar-refractivity contribution in [3.05, 3.63) is 47.8 Å². The van der Waals surface area contributed by atoms with Gasteiger partial charge in [-0.05, 0) is 30.5 Å². The van der Waals surface area contributed by atoms with Gasteiger partial charge in [0, 0.05) is 12.7 Å². The molecular weight excluding hydrogens is 340 g/mol. The Morgan fingerprint density at radius 3 is 2.44 bits per heavy atom. The molecule has 0 fully saturated rings. The largest absolute Gasteiger partial charge is 0.497 e. The minimum atomic E-state index is -0.352. The Morgan fingerprint density at radius 2 is 1.92 bits per heavy atom.